The summed E-state index contributed by atoms with van der Waals surface area (Å²) in [6.45, 7) is 0. The minimum Gasteiger partial charge on any atom is -0.384 e. The van der Waals surface area contributed by atoms with E-state index in [2.05, 4.69) is 11.1 Å². The molecule has 0 saturated carbocycles. The van der Waals surface area contributed by atoms with Crippen LogP contribution in [0.15, 0.2) is 83.9 Å². The van der Waals surface area contributed by atoms with Crippen LogP contribution in [0.3, 0.4) is 0 Å². The van der Waals surface area contributed by atoms with Crippen LogP contribution in [0.1, 0.15) is 11.1 Å². The molecule has 0 aliphatic heterocycles. The Morgan fingerprint density at radius 1 is 0.962 bits per heavy atom. The second-order valence-electron chi connectivity index (χ2n) is 5.66. The molecule has 3 aromatic carbocycles. The zero-order valence-corrected chi connectivity index (χ0v) is 14.7. The molecule has 0 bridgehead atoms. The number of aliphatic imine (C=N–C) groups is 1. The molecule has 0 radical (unpaired) electrons. The second-order valence-corrected chi connectivity index (χ2v) is 6.10. The smallest absolute Gasteiger partial charge is 0.124 e. The minimum atomic E-state index is 0.415. The van der Waals surface area contributed by atoms with Gasteiger partial charge in [-0.15, -0.1) is 0 Å². The van der Waals surface area contributed by atoms with Gasteiger partial charge in [0.2, 0.25) is 0 Å². The molecule has 0 aliphatic carbocycles. The molecule has 0 amide bonds. The molecule has 0 aliphatic rings. The van der Waals surface area contributed by atoms with Gasteiger partial charge >= 0.3 is 0 Å². The van der Waals surface area contributed by atoms with Crippen molar-refractivity contribution in [2.45, 2.75) is 0 Å². The van der Waals surface area contributed by atoms with Crippen LogP contribution in [0.25, 0.3) is 17.2 Å². The van der Waals surface area contributed by atoms with Gasteiger partial charge in [-0.25, -0.2) is 4.99 Å². The maximum Gasteiger partial charge on any atom is 0.124 e. The van der Waals surface area contributed by atoms with Gasteiger partial charge in [0.1, 0.15) is 5.84 Å². The Balaban J connectivity index is 1.73. The molecule has 2 N–H and O–H groups in total. The van der Waals surface area contributed by atoms with Crippen molar-refractivity contribution in [1.29, 1.82) is 5.26 Å². The first-order chi connectivity index (χ1) is 12.6. The van der Waals surface area contributed by atoms with E-state index in [1.54, 1.807) is 24.3 Å². The number of amidine groups is 1. The van der Waals surface area contributed by atoms with E-state index in [9.17, 15) is 0 Å². The van der Waals surface area contributed by atoms with Crippen molar-refractivity contribution in [3.05, 3.63) is 95.0 Å². The first kappa shape index (κ1) is 17.5. The minimum absolute atomic E-state index is 0.415. The topological polar surface area (TPSA) is 62.2 Å². The van der Waals surface area contributed by atoms with Gasteiger partial charge in [0.15, 0.2) is 0 Å². The SMILES string of the molecule is N#Cc1cccc(-c2ccc(C=CC(N)=Nc3ccc(Cl)cc3)cc2)c1. The Morgan fingerprint density at radius 3 is 2.38 bits per heavy atom. The van der Waals surface area contributed by atoms with E-state index in [1.807, 2.05) is 60.7 Å². The fourth-order valence-corrected chi connectivity index (χ4v) is 2.56. The van der Waals surface area contributed by atoms with E-state index >= 15 is 0 Å². The third kappa shape index (κ3) is 4.60. The Labute approximate surface area is 157 Å². The summed E-state index contributed by atoms with van der Waals surface area (Å²) in [6, 6.07) is 24.9. The van der Waals surface area contributed by atoms with Gasteiger partial charge in [-0.3, -0.25) is 0 Å². The quantitative estimate of drug-likeness (QED) is 0.489. The fraction of sp³-hybridized carbons (Fsp3) is 0. The lowest BCUT2D eigenvalue weighted by atomic mass is 10.0. The number of rotatable bonds is 4. The predicted molar refractivity (Wildman–Crippen MR) is 108 cm³/mol. The Bertz CT molecular complexity index is 995. The van der Waals surface area contributed by atoms with Crippen LogP contribution in [-0.4, -0.2) is 5.84 Å². The van der Waals surface area contributed by atoms with Crippen LogP contribution in [0.4, 0.5) is 5.69 Å². The van der Waals surface area contributed by atoms with E-state index in [-0.39, 0.29) is 0 Å². The number of nitrogens with zero attached hydrogens (tertiary/aromatic N) is 2. The van der Waals surface area contributed by atoms with Crippen molar-refractivity contribution in [3.8, 4) is 17.2 Å². The van der Waals surface area contributed by atoms with Crippen molar-refractivity contribution in [2.75, 3.05) is 0 Å². The number of hydrogen-bond acceptors (Lipinski definition) is 2. The highest BCUT2D eigenvalue weighted by atomic mass is 35.5. The van der Waals surface area contributed by atoms with Gasteiger partial charge in [0, 0.05) is 5.02 Å². The average molecular weight is 358 g/mol. The van der Waals surface area contributed by atoms with Crippen LogP contribution < -0.4 is 5.73 Å². The van der Waals surface area contributed by atoms with Crippen molar-refractivity contribution < 1.29 is 0 Å². The summed E-state index contributed by atoms with van der Waals surface area (Å²) >= 11 is 5.85. The Kier molecular flexibility index (Phi) is 5.48. The van der Waals surface area contributed by atoms with Crippen LogP contribution in [-0.2, 0) is 0 Å². The van der Waals surface area contributed by atoms with Gasteiger partial charge < -0.3 is 5.73 Å². The standard InChI is InChI=1S/C22H16ClN3/c23-20-9-11-21(12-10-20)26-22(25)13-6-16-4-7-18(8-5-16)19-3-1-2-17(14-19)15-24/h1-14H,(H2,25,26). The first-order valence-corrected chi connectivity index (χ1v) is 8.40. The largest absolute Gasteiger partial charge is 0.384 e. The third-order valence-electron chi connectivity index (χ3n) is 3.77. The molecule has 0 spiro atoms. The molecule has 4 heteroatoms. The summed E-state index contributed by atoms with van der Waals surface area (Å²) in [4.78, 5) is 4.32. The Hall–Kier alpha value is -3.35. The number of hydrogen-bond donors (Lipinski definition) is 1. The predicted octanol–water partition coefficient (Wildman–Crippen LogP) is 5.58. The molecule has 0 atom stereocenters. The average Bonchev–Trinajstić information content (AvgIpc) is 2.68. The van der Waals surface area contributed by atoms with E-state index in [4.69, 9.17) is 22.6 Å². The van der Waals surface area contributed by atoms with Crippen molar-refractivity contribution in [2.24, 2.45) is 10.7 Å². The van der Waals surface area contributed by atoms with Gasteiger partial charge in [-0.2, -0.15) is 5.26 Å². The first-order valence-electron chi connectivity index (χ1n) is 8.02. The Morgan fingerprint density at radius 2 is 1.69 bits per heavy atom. The number of halogens is 1. The molecule has 3 rings (SSSR count). The summed E-state index contributed by atoms with van der Waals surface area (Å²) < 4.78 is 0. The highest BCUT2D eigenvalue weighted by Crippen LogP contribution is 2.21. The molecule has 126 valence electrons. The van der Waals surface area contributed by atoms with Crippen LogP contribution in [0.5, 0.6) is 0 Å². The third-order valence-corrected chi connectivity index (χ3v) is 4.02. The van der Waals surface area contributed by atoms with E-state index in [0.29, 0.717) is 16.4 Å². The normalized spacial score (nSPS) is 11.5. The van der Waals surface area contributed by atoms with E-state index in [1.165, 1.54) is 0 Å². The van der Waals surface area contributed by atoms with E-state index in [0.717, 1.165) is 22.4 Å². The van der Waals surface area contributed by atoms with Gasteiger partial charge in [-0.05, 0) is 59.2 Å². The molecule has 0 fully saturated rings. The highest BCUT2D eigenvalue weighted by Gasteiger charge is 1.99. The number of benzene rings is 3. The summed E-state index contributed by atoms with van der Waals surface area (Å²) in [5.74, 6) is 0.415. The van der Waals surface area contributed by atoms with Gasteiger partial charge in [-0.1, -0.05) is 54.1 Å². The summed E-state index contributed by atoms with van der Waals surface area (Å²) in [5, 5.41) is 9.67. The monoisotopic (exact) mass is 357 g/mol. The lowest BCUT2D eigenvalue weighted by molar-refractivity contribution is 1.48. The van der Waals surface area contributed by atoms with Crippen molar-refractivity contribution in [1.82, 2.24) is 0 Å². The molecular weight excluding hydrogens is 342 g/mol. The number of nitrogens with two attached hydrogens (primary N) is 1. The van der Waals surface area contributed by atoms with Crippen molar-refractivity contribution in [3.63, 3.8) is 0 Å². The lowest BCUT2D eigenvalue weighted by Gasteiger charge is -2.03. The van der Waals surface area contributed by atoms with Crippen molar-refractivity contribution >= 4 is 29.2 Å². The maximum absolute atomic E-state index is 9.01. The molecule has 26 heavy (non-hydrogen) atoms. The second kappa shape index (κ2) is 8.15. The van der Waals surface area contributed by atoms with Crippen LogP contribution in [0, 0.1) is 11.3 Å². The molecule has 0 saturated heterocycles. The van der Waals surface area contributed by atoms with E-state index < -0.39 is 0 Å². The van der Waals surface area contributed by atoms with Gasteiger partial charge in [0.25, 0.3) is 0 Å². The van der Waals surface area contributed by atoms with Crippen LogP contribution in [0.2, 0.25) is 5.02 Å². The zero-order valence-electron chi connectivity index (χ0n) is 13.9. The number of nitriles is 1. The summed E-state index contributed by atoms with van der Waals surface area (Å²) in [7, 11) is 0. The molecular formula is C22H16ClN3. The lowest BCUT2D eigenvalue weighted by Crippen LogP contribution is -2.06. The zero-order chi connectivity index (χ0) is 18.4. The molecule has 0 aromatic heterocycles. The highest BCUT2D eigenvalue weighted by molar-refractivity contribution is 6.30. The summed E-state index contributed by atoms with van der Waals surface area (Å²) in [6.07, 6.45) is 3.67. The molecule has 0 unspecified atom stereocenters. The molecule has 3 nitrogen and oxygen atoms in total. The maximum atomic E-state index is 9.01. The molecule has 3 aromatic rings. The fourth-order valence-electron chi connectivity index (χ4n) is 2.44. The van der Waals surface area contributed by atoms with Crippen LogP contribution >= 0.6 is 11.6 Å². The molecule has 0 heterocycles. The van der Waals surface area contributed by atoms with Gasteiger partial charge in [0.05, 0.1) is 17.3 Å². The summed E-state index contributed by atoms with van der Waals surface area (Å²) in [5.41, 5.74) is 10.4.